The molecule has 2 aliphatic rings. The zero-order valence-electron chi connectivity index (χ0n) is 15.6. The highest BCUT2D eigenvalue weighted by Crippen LogP contribution is 2.40. The van der Waals surface area contributed by atoms with E-state index in [2.05, 4.69) is 31.0 Å². The first-order valence-corrected chi connectivity index (χ1v) is 9.93. The summed E-state index contributed by atoms with van der Waals surface area (Å²) in [6.07, 6.45) is 0.444. The van der Waals surface area contributed by atoms with Crippen molar-refractivity contribution in [2.75, 3.05) is 12.4 Å². The fraction of sp³-hybridized carbons (Fsp3) is 0.450. The molecular formula is C20H24N2O3S. The summed E-state index contributed by atoms with van der Waals surface area (Å²) in [6.45, 7) is 8.15. The fourth-order valence-electron chi connectivity index (χ4n) is 3.24. The summed E-state index contributed by atoms with van der Waals surface area (Å²) in [5.41, 5.74) is 3.19. The van der Waals surface area contributed by atoms with Crippen LogP contribution in [-0.2, 0) is 14.3 Å². The number of allylic oxidation sites excluding steroid dienone is 1. The first kappa shape index (κ1) is 18.7. The summed E-state index contributed by atoms with van der Waals surface area (Å²) in [4.78, 5) is 31.5. The van der Waals surface area contributed by atoms with Gasteiger partial charge in [-0.1, -0.05) is 49.9 Å². The molecule has 2 aliphatic heterocycles. The van der Waals surface area contributed by atoms with Gasteiger partial charge in [0.1, 0.15) is 0 Å². The molecule has 1 unspecified atom stereocenters. The number of carbonyl (C=O) groups is 2. The maximum atomic E-state index is 12.7. The quantitative estimate of drug-likeness (QED) is 0.749. The summed E-state index contributed by atoms with van der Waals surface area (Å²) < 4.78 is 5.27. The van der Waals surface area contributed by atoms with Crippen LogP contribution in [-0.4, -0.2) is 34.3 Å². The molecule has 5 nitrogen and oxygen atoms in total. The zero-order valence-corrected chi connectivity index (χ0v) is 16.4. The smallest absolute Gasteiger partial charge is 0.338 e. The Morgan fingerprint density at radius 3 is 2.65 bits per heavy atom. The van der Waals surface area contributed by atoms with Gasteiger partial charge in [-0.25, -0.2) is 9.79 Å². The van der Waals surface area contributed by atoms with Crippen molar-refractivity contribution in [3.05, 3.63) is 46.7 Å². The number of ether oxygens (including phenoxy) is 1. The van der Waals surface area contributed by atoms with Crippen molar-refractivity contribution in [1.29, 1.82) is 0 Å². The largest absolute Gasteiger partial charge is 0.463 e. The summed E-state index contributed by atoms with van der Waals surface area (Å²) in [5, 5.41) is 0.671. The number of benzene rings is 1. The lowest BCUT2D eigenvalue weighted by Crippen LogP contribution is -2.45. The molecule has 0 aliphatic carbocycles. The molecular weight excluding hydrogens is 348 g/mol. The van der Waals surface area contributed by atoms with E-state index in [0.717, 1.165) is 11.3 Å². The molecule has 2 heterocycles. The molecule has 0 saturated carbocycles. The van der Waals surface area contributed by atoms with Gasteiger partial charge in [-0.15, -0.1) is 0 Å². The van der Waals surface area contributed by atoms with Crippen LogP contribution in [0.5, 0.6) is 0 Å². The maximum Gasteiger partial charge on any atom is 0.338 e. The van der Waals surface area contributed by atoms with Crippen molar-refractivity contribution in [2.24, 2.45) is 4.99 Å². The molecule has 1 aromatic rings. The van der Waals surface area contributed by atoms with Crippen LogP contribution in [0.4, 0.5) is 0 Å². The number of fused-ring (bicyclic) bond motifs is 1. The van der Waals surface area contributed by atoms with E-state index in [1.165, 1.54) is 5.56 Å². The Hall–Kier alpha value is -2.08. The van der Waals surface area contributed by atoms with Gasteiger partial charge in [0, 0.05) is 12.2 Å². The van der Waals surface area contributed by atoms with Crippen molar-refractivity contribution in [3.8, 4) is 0 Å². The van der Waals surface area contributed by atoms with Crippen LogP contribution < -0.4 is 0 Å². The van der Waals surface area contributed by atoms with Crippen LogP contribution in [0.25, 0.3) is 0 Å². The summed E-state index contributed by atoms with van der Waals surface area (Å²) in [5.74, 6) is 0.722. The van der Waals surface area contributed by atoms with Gasteiger partial charge in [0.25, 0.3) is 0 Å². The van der Waals surface area contributed by atoms with Gasteiger partial charge in [0.05, 0.1) is 23.9 Å². The number of hydrogen-bond donors (Lipinski definition) is 0. The van der Waals surface area contributed by atoms with Gasteiger partial charge >= 0.3 is 5.97 Å². The predicted octanol–water partition coefficient (Wildman–Crippen LogP) is 4.02. The summed E-state index contributed by atoms with van der Waals surface area (Å²) in [7, 11) is 0. The molecule has 0 aromatic heterocycles. The third-order valence-electron chi connectivity index (χ3n) is 4.62. The molecule has 1 aromatic carbocycles. The highest BCUT2D eigenvalue weighted by Gasteiger charge is 2.41. The van der Waals surface area contributed by atoms with Crippen LogP contribution in [0.1, 0.15) is 57.2 Å². The van der Waals surface area contributed by atoms with Crippen LogP contribution >= 0.6 is 11.8 Å². The van der Waals surface area contributed by atoms with E-state index >= 15 is 0 Å². The lowest BCUT2D eigenvalue weighted by Gasteiger charge is -2.39. The molecule has 138 valence electrons. The molecule has 0 N–H and O–H groups in total. The minimum atomic E-state index is -0.483. The average molecular weight is 372 g/mol. The molecule has 1 saturated heterocycles. The standard InChI is InChI=1S/C20H24N2O3S/c1-5-25-19(24)17-13(4)21-20-22(16(23)10-11-26-20)18(17)15-8-6-14(7-9-15)12(2)3/h6-9,12,18H,5,10-11H2,1-4H3. The van der Waals surface area contributed by atoms with Gasteiger partial charge in [0.15, 0.2) is 5.17 Å². The van der Waals surface area contributed by atoms with Crippen molar-refractivity contribution in [3.63, 3.8) is 0 Å². The van der Waals surface area contributed by atoms with Gasteiger partial charge in [0.2, 0.25) is 5.91 Å². The molecule has 26 heavy (non-hydrogen) atoms. The number of carbonyl (C=O) groups excluding carboxylic acids is 2. The highest BCUT2D eigenvalue weighted by molar-refractivity contribution is 8.14. The fourth-order valence-corrected chi connectivity index (χ4v) is 4.25. The third-order valence-corrected chi connectivity index (χ3v) is 5.58. The Labute approximate surface area is 158 Å². The van der Waals surface area contributed by atoms with E-state index in [1.807, 2.05) is 19.1 Å². The van der Waals surface area contributed by atoms with E-state index in [9.17, 15) is 9.59 Å². The van der Waals surface area contributed by atoms with E-state index in [1.54, 1.807) is 23.6 Å². The Morgan fingerprint density at radius 1 is 1.35 bits per heavy atom. The first-order valence-electron chi connectivity index (χ1n) is 8.95. The van der Waals surface area contributed by atoms with E-state index in [4.69, 9.17) is 4.74 Å². The second-order valence-electron chi connectivity index (χ2n) is 6.70. The number of esters is 1. The molecule has 1 fully saturated rings. The summed E-state index contributed by atoms with van der Waals surface area (Å²) >= 11 is 1.56. The monoisotopic (exact) mass is 372 g/mol. The number of thioether (sulfide) groups is 1. The van der Waals surface area contributed by atoms with Gasteiger partial charge in [-0.2, -0.15) is 0 Å². The highest BCUT2D eigenvalue weighted by atomic mass is 32.2. The second kappa shape index (κ2) is 7.66. The molecule has 6 heteroatoms. The van der Waals surface area contributed by atoms with Gasteiger partial charge < -0.3 is 4.74 Å². The third kappa shape index (κ3) is 3.43. The van der Waals surface area contributed by atoms with E-state index in [-0.39, 0.29) is 12.5 Å². The van der Waals surface area contributed by atoms with Crippen molar-refractivity contribution in [2.45, 2.75) is 46.1 Å². The normalized spacial score (nSPS) is 20.2. The maximum absolute atomic E-state index is 12.7. The minimum absolute atomic E-state index is 0.00488. The Balaban J connectivity index is 2.10. The number of aliphatic imine (C=N–C) groups is 1. The molecule has 1 amide bonds. The van der Waals surface area contributed by atoms with Crippen LogP contribution in [0.15, 0.2) is 40.5 Å². The number of nitrogens with zero attached hydrogens (tertiary/aromatic N) is 2. The topological polar surface area (TPSA) is 59.0 Å². The lowest BCUT2D eigenvalue weighted by atomic mass is 9.92. The number of amidine groups is 1. The molecule has 3 rings (SSSR count). The molecule has 0 bridgehead atoms. The Kier molecular flexibility index (Phi) is 5.51. The molecule has 1 atom stereocenters. The SMILES string of the molecule is CCOC(=O)C1=C(C)N=C2SCCC(=O)N2C1c1ccc(C(C)C)cc1. The second-order valence-corrected chi connectivity index (χ2v) is 7.76. The van der Waals surface area contributed by atoms with E-state index < -0.39 is 12.0 Å². The number of amides is 1. The average Bonchev–Trinajstić information content (AvgIpc) is 2.61. The Morgan fingerprint density at radius 2 is 2.04 bits per heavy atom. The van der Waals surface area contributed by atoms with Crippen LogP contribution in [0, 0.1) is 0 Å². The Bertz CT molecular complexity index is 781. The number of rotatable bonds is 4. The van der Waals surface area contributed by atoms with Gasteiger partial charge in [-0.05, 0) is 30.9 Å². The molecule has 0 radical (unpaired) electrons. The summed E-state index contributed by atoms with van der Waals surface area (Å²) in [6, 6.07) is 7.64. The van der Waals surface area contributed by atoms with Crippen LogP contribution in [0.2, 0.25) is 0 Å². The van der Waals surface area contributed by atoms with Crippen molar-refractivity contribution in [1.82, 2.24) is 4.90 Å². The number of hydrogen-bond acceptors (Lipinski definition) is 5. The lowest BCUT2D eigenvalue weighted by molar-refractivity contribution is -0.139. The van der Waals surface area contributed by atoms with Crippen molar-refractivity contribution < 1.29 is 14.3 Å². The van der Waals surface area contributed by atoms with E-state index in [0.29, 0.717) is 28.8 Å². The first-order chi connectivity index (χ1) is 12.4. The van der Waals surface area contributed by atoms with Crippen molar-refractivity contribution >= 4 is 28.8 Å². The zero-order chi connectivity index (χ0) is 18.8. The molecule has 0 spiro atoms. The minimum Gasteiger partial charge on any atom is -0.463 e. The predicted molar refractivity (Wildman–Crippen MR) is 104 cm³/mol. The van der Waals surface area contributed by atoms with Gasteiger partial charge in [-0.3, -0.25) is 9.69 Å². The van der Waals surface area contributed by atoms with Crippen LogP contribution in [0.3, 0.4) is 0 Å².